The Hall–Kier alpha value is -5.36. The van der Waals surface area contributed by atoms with Gasteiger partial charge in [0.25, 0.3) is 0 Å². The topological polar surface area (TPSA) is 111 Å². The van der Waals surface area contributed by atoms with E-state index >= 15 is 0 Å². The highest BCUT2D eigenvalue weighted by Crippen LogP contribution is 2.44. The van der Waals surface area contributed by atoms with E-state index in [2.05, 4.69) is 17.4 Å². The highest BCUT2D eigenvalue weighted by Gasteiger charge is 2.49. The van der Waals surface area contributed by atoms with Crippen LogP contribution < -0.4 is 5.32 Å². The highest BCUT2D eigenvalue weighted by molar-refractivity contribution is 5.82. The first kappa shape index (κ1) is 39.9. The predicted octanol–water partition coefficient (Wildman–Crippen LogP) is 7.97. The summed E-state index contributed by atoms with van der Waals surface area (Å²) in [5.41, 5.74) is 7.29. The Morgan fingerprint density at radius 2 is 1.09 bits per heavy atom. The Morgan fingerprint density at radius 1 is 0.632 bits per heavy atom. The summed E-state index contributed by atoms with van der Waals surface area (Å²) in [6.07, 6.45) is -5.32. The van der Waals surface area contributed by atoms with Crippen LogP contribution in [0.25, 0.3) is 11.1 Å². The molecule has 1 N–H and O–H groups in total. The number of hydrogen-bond donors (Lipinski definition) is 1. The summed E-state index contributed by atoms with van der Waals surface area (Å²) in [4.78, 5) is 26.7. The second-order valence-corrected chi connectivity index (χ2v) is 14.3. The van der Waals surface area contributed by atoms with Crippen molar-refractivity contribution in [2.75, 3.05) is 13.7 Å². The molecule has 0 aromatic heterocycles. The minimum Gasteiger partial charge on any atom is -0.467 e. The minimum atomic E-state index is -1.24. The van der Waals surface area contributed by atoms with Gasteiger partial charge in [-0.3, -0.25) is 0 Å². The maximum absolute atomic E-state index is 13.4. The quantitative estimate of drug-likeness (QED) is 0.0999. The van der Waals surface area contributed by atoms with Gasteiger partial charge in [0.1, 0.15) is 24.9 Å². The third-order valence-corrected chi connectivity index (χ3v) is 10.5. The van der Waals surface area contributed by atoms with E-state index in [0.29, 0.717) is 6.61 Å². The SMILES string of the molecule is COC(=O)[C@@H](NC(=O)OCC1c2ccccc2-c2ccccc21)[C@@H](C)O[C@@H]1O[C@@H](C)[C@@H](OCc2ccccc2)[C@@H](OCc2ccccc2)[C@@H]1OCc1ccccc1. The van der Waals surface area contributed by atoms with Gasteiger partial charge in [-0.05, 0) is 52.8 Å². The third kappa shape index (κ3) is 9.79. The fourth-order valence-corrected chi connectivity index (χ4v) is 7.53. The molecule has 1 aliphatic heterocycles. The summed E-state index contributed by atoms with van der Waals surface area (Å²) in [6, 6.07) is 44.5. The monoisotopic (exact) mass is 771 g/mol. The highest BCUT2D eigenvalue weighted by atomic mass is 16.7. The van der Waals surface area contributed by atoms with Gasteiger partial charge in [-0.15, -0.1) is 0 Å². The Bertz CT molecular complexity index is 2000. The van der Waals surface area contributed by atoms with E-state index < -0.39 is 54.9 Å². The number of benzene rings is 5. The number of methoxy groups -OCH3 is 1. The minimum absolute atomic E-state index is 0.0758. The van der Waals surface area contributed by atoms with Gasteiger partial charge in [0.05, 0.1) is 39.1 Å². The Morgan fingerprint density at radius 3 is 1.60 bits per heavy atom. The number of ether oxygens (including phenoxy) is 7. The van der Waals surface area contributed by atoms with Crippen LogP contribution in [0.5, 0.6) is 0 Å². The predicted molar refractivity (Wildman–Crippen MR) is 214 cm³/mol. The first-order valence-electron chi connectivity index (χ1n) is 19.4. The zero-order chi connectivity index (χ0) is 39.6. The molecule has 1 amide bonds. The van der Waals surface area contributed by atoms with E-state index in [9.17, 15) is 9.59 Å². The van der Waals surface area contributed by atoms with Gasteiger partial charge in [0.15, 0.2) is 12.3 Å². The average Bonchev–Trinajstić information content (AvgIpc) is 3.57. The molecule has 1 heterocycles. The van der Waals surface area contributed by atoms with Crippen molar-refractivity contribution >= 4 is 12.1 Å². The number of fused-ring (bicyclic) bond motifs is 3. The summed E-state index contributed by atoms with van der Waals surface area (Å²) < 4.78 is 43.9. The summed E-state index contributed by atoms with van der Waals surface area (Å²) in [6.45, 7) is 4.48. The lowest BCUT2D eigenvalue weighted by molar-refractivity contribution is -0.328. The molecule has 5 aromatic rings. The second kappa shape index (κ2) is 19.2. The molecule has 5 aromatic carbocycles. The summed E-state index contributed by atoms with van der Waals surface area (Å²) in [5, 5.41) is 2.70. The van der Waals surface area contributed by atoms with Crippen LogP contribution in [0.15, 0.2) is 140 Å². The number of rotatable bonds is 16. The van der Waals surface area contributed by atoms with Crippen LogP contribution in [0.1, 0.15) is 47.6 Å². The van der Waals surface area contributed by atoms with Gasteiger partial charge in [0, 0.05) is 5.92 Å². The molecule has 0 spiro atoms. The molecule has 0 radical (unpaired) electrons. The first-order chi connectivity index (χ1) is 27.9. The van der Waals surface area contributed by atoms with Crippen molar-refractivity contribution in [2.24, 2.45) is 0 Å². The van der Waals surface area contributed by atoms with Crippen LogP contribution >= 0.6 is 0 Å². The Kier molecular flexibility index (Phi) is 13.4. The molecule has 7 rings (SSSR count). The van der Waals surface area contributed by atoms with Crippen LogP contribution in [-0.2, 0) is 57.8 Å². The summed E-state index contributed by atoms with van der Waals surface area (Å²) in [5.74, 6) is -0.861. The summed E-state index contributed by atoms with van der Waals surface area (Å²) >= 11 is 0. The fourth-order valence-electron chi connectivity index (χ4n) is 7.53. The van der Waals surface area contributed by atoms with Crippen LogP contribution in [0, 0.1) is 0 Å². The molecule has 57 heavy (non-hydrogen) atoms. The number of alkyl carbamates (subject to hydrolysis) is 1. The third-order valence-electron chi connectivity index (χ3n) is 10.5. The molecule has 7 atom stereocenters. The van der Waals surface area contributed by atoms with Gasteiger partial charge >= 0.3 is 12.1 Å². The number of carbonyl (C=O) groups excluding carboxylic acids is 2. The van der Waals surface area contributed by atoms with E-state index in [0.717, 1.165) is 38.9 Å². The van der Waals surface area contributed by atoms with Crippen molar-refractivity contribution < 1.29 is 42.7 Å². The maximum Gasteiger partial charge on any atom is 0.407 e. The van der Waals surface area contributed by atoms with Crippen LogP contribution in [0.3, 0.4) is 0 Å². The lowest BCUT2D eigenvalue weighted by Gasteiger charge is -2.46. The summed E-state index contributed by atoms with van der Waals surface area (Å²) in [7, 11) is 1.26. The molecule has 1 fully saturated rings. The lowest BCUT2D eigenvalue weighted by atomic mass is 9.98. The van der Waals surface area contributed by atoms with Crippen molar-refractivity contribution in [1.82, 2.24) is 5.32 Å². The van der Waals surface area contributed by atoms with Crippen LogP contribution in [0.4, 0.5) is 4.79 Å². The van der Waals surface area contributed by atoms with Gasteiger partial charge < -0.3 is 38.5 Å². The standard InChI is InChI=1S/C47H49NO9/c1-31(41(45(49)51-3)48-47(50)55-30-40-38-25-15-13-23-36(38)37-24-14-16-26-39(37)40)56-46-44(54-29-35-21-11-6-12-22-35)43(53-28-34-19-9-5-10-20-34)42(32(2)57-46)52-27-33-17-7-4-8-18-33/h4-26,31-32,40-44,46H,27-30H2,1-3H3,(H,48,50)/t31-,32+,41+,42-,43-,44+,46-/m1/s1. The number of hydrogen-bond acceptors (Lipinski definition) is 9. The smallest absolute Gasteiger partial charge is 0.407 e. The molecule has 0 saturated carbocycles. The van der Waals surface area contributed by atoms with Crippen molar-refractivity contribution in [3.05, 3.63) is 167 Å². The number of esters is 1. The van der Waals surface area contributed by atoms with E-state index in [1.165, 1.54) is 7.11 Å². The van der Waals surface area contributed by atoms with Gasteiger partial charge in [-0.25, -0.2) is 9.59 Å². The molecule has 1 saturated heterocycles. The molecule has 296 valence electrons. The maximum atomic E-state index is 13.4. The van der Waals surface area contributed by atoms with Gasteiger partial charge in [0.2, 0.25) is 0 Å². The molecule has 10 nitrogen and oxygen atoms in total. The van der Waals surface area contributed by atoms with Crippen molar-refractivity contribution in [3.63, 3.8) is 0 Å². The second-order valence-electron chi connectivity index (χ2n) is 14.3. The Labute approximate surface area is 334 Å². The Balaban J connectivity index is 1.09. The molecule has 2 aliphatic rings. The largest absolute Gasteiger partial charge is 0.467 e. The van der Waals surface area contributed by atoms with Gasteiger partial charge in [-0.2, -0.15) is 0 Å². The van der Waals surface area contributed by atoms with Crippen molar-refractivity contribution in [3.8, 4) is 11.1 Å². The van der Waals surface area contributed by atoms with E-state index in [-0.39, 0.29) is 25.7 Å². The number of nitrogens with one attached hydrogen (secondary N) is 1. The van der Waals surface area contributed by atoms with E-state index in [1.807, 2.05) is 134 Å². The molecule has 0 bridgehead atoms. The number of amides is 1. The molecular formula is C47H49NO9. The van der Waals surface area contributed by atoms with Crippen LogP contribution in [0.2, 0.25) is 0 Å². The zero-order valence-corrected chi connectivity index (χ0v) is 32.4. The van der Waals surface area contributed by atoms with E-state index in [1.54, 1.807) is 6.92 Å². The lowest BCUT2D eigenvalue weighted by Crippen LogP contribution is -2.61. The van der Waals surface area contributed by atoms with Crippen molar-refractivity contribution in [2.45, 2.75) is 82.4 Å². The zero-order valence-electron chi connectivity index (χ0n) is 32.4. The molecule has 0 unspecified atom stereocenters. The van der Waals surface area contributed by atoms with Gasteiger partial charge in [-0.1, -0.05) is 140 Å². The molecule has 1 aliphatic carbocycles. The molecule has 10 heteroatoms. The average molecular weight is 772 g/mol. The number of carbonyl (C=O) groups is 2. The molecular weight excluding hydrogens is 723 g/mol. The normalized spacial score (nSPS) is 21.1. The van der Waals surface area contributed by atoms with Crippen molar-refractivity contribution in [1.29, 1.82) is 0 Å². The van der Waals surface area contributed by atoms with E-state index in [4.69, 9.17) is 33.2 Å². The fraction of sp³-hybridized carbons (Fsp3) is 0.319. The van der Waals surface area contributed by atoms with Crippen LogP contribution in [-0.4, -0.2) is 68.6 Å². The first-order valence-corrected chi connectivity index (χ1v) is 19.4.